The number of primary amides is 1. The Morgan fingerprint density at radius 1 is 1.48 bits per heavy atom. The lowest BCUT2D eigenvalue weighted by Gasteiger charge is -2.38. The Kier molecular flexibility index (Phi) is 3.63. The molecule has 0 spiro atoms. The van der Waals surface area contributed by atoms with Gasteiger partial charge in [0, 0.05) is 17.8 Å². The molecule has 0 bridgehead atoms. The molecule has 8 heteroatoms. The molecule has 5 nitrogen and oxygen atoms in total. The number of benzene rings is 1. The molecule has 3 aliphatic rings. The van der Waals surface area contributed by atoms with Crippen LogP contribution in [-0.4, -0.2) is 36.5 Å². The van der Waals surface area contributed by atoms with Crippen molar-refractivity contribution in [3.8, 4) is 0 Å². The smallest absolute Gasteiger partial charge is 0.265 e. The van der Waals surface area contributed by atoms with Crippen LogP contribution in [0.4, 0.5) is 14.5 Å². The summed E-state index contributed by atoms with van der Waals surface area (Å²) in [6.07, 6.45) is 2.28. The van der Waals surface area contributed by atoms with Gasteiger partial charge in [-0.25, -0.2) is 8.78 Å². The highest BCUT2D eigenvalue weighted by molar-refractivity contribution is 8.00. The van der Waals surface area contributed by atoms with Gasteiger partial charge in [0.2, 0.25) is 5.91 Å². The summed E-state index contributed by atoms with van der Waals surface area (Å²) in [5.41, 5.74) is 3.16. The number of methoxy groups -OCH3 is 1. The minimum Gasteiger partial charge on any atom is -0.368 e. The van der Waals surface area contributed by atoms with E-state index in [-0.39, 0.29) is 16.5 Å². The van der Waals surface area contributed by atoms with Crippen molar-refractivity contribution < 1.29 is 23.1 Å². The Bertz CT molecular complexity index is 789. The summed E-state index contributed by atoms with van der Waals surface area (Å²) in [4.78, 5) is 25.9. The fraction of sp³-hybridized carbons (Fsp3) is 0.529. The van der Waals surface area contributed by atoms with Crippen molar-refractivity contribution in [2.75, 3.05) is 24.3 Å². The van der Waals surface area contributed by atoms with Crippen LogP contribution in [0, 0.1) is 17.0 Å². The highest BCUT2D eigenvalue weighted by Gasteiger charge is 2.75. The van der Waals surface area contributed by atoms with Crippen molar-refractivity contribution in [2.45, 2.75) is 30.1 Å². The van der Waals surface area contributed by atoms with E-state index in [0.29, 0.717) is 12.8 Å². The van der Waals surface area contributed by atoms with E-state index in [2.05, 4.69) is 0 Å². The molecule has 0 radical (unpaired) electrons. The summed E-state index contributed by atoms with van der Waals surface area (Å²) in [5, 5.41) is 0.161. The topological polar surface area (TPSA) is 72.6 Å². The molecule has 1 aromatic carbocycles. The number of halogens is 2. The summed E-state index contributed by atoms with van der Waals surface area (Å²) in [5.74, 6) is -2.40. The van der Waals surface area contributed by atoms with Gasteiger partial charge in [0.25, 0.3) is 5.91 Å². The van der Waals surface area contributed by atoms with Crippen LogP contribution in [0.1, 0.15) is 24.8 Å². The van der Waals surface area contributed by atoms with E-state index in [4.69, 9.17) is 10.5 Å². The predicted octanol–water partition coefficient (Wildman–Crippen LogP) is 1.92. The lowest BCUT2D eigenvalue weighted by molar-refractivity contribution is -0.152. The average Bonchev–Trinajstić information content (AvgIpc) is 3.28. The molecule has 3 atom stereocenters. The summed E-state index contributed by atoms with van der Waals surface area (Å²) < 4.78 is 34.6. The molecular formula is C17H18F2N2O3S. The molecule has 2 unspecified atom stereocenters. The van der Waals surface area contributed by atoms with Gasteiger partial charge in [0.05, 0.1) is 11.3 Å². The second-order valence-corrected chi connectivity index (χ2v) is 8.13. The fourth-order valence-electron chi connectivity index (χ4n) is 4.59. The molecule has 25 heavy (non-hydrogen) atoms. The summed E-state index contributed by atoms with van der Waals surface area (Å²) in [6.45, 7) is -0.393. The van der Waals surface area contributed by atoms with E-state index in [1.165, 1.54) is 13.2 Å². The van der Waals surface area contributed by atoms with Crippen LogP contribution in [0.15, 0.2) is 12.1 Å². The lowest BCUT2D eigenvalue weighted by Crippen LogP contribution is -2.51. The molecule has 4 rings (SSSR count). The first-order chi connectivity index (χ1) is 11.9. The monoisotopic (exact) mass is 368 g/mol. The van der Waals surface area contributed by atoms with E-state index in [0.717, 1.165) is 23.1 Å². The first-order valence-electron chi connectivity index (χ1n) is 8.14. The normalized spacial score (nSPS) is 33.2. The molecule has 1 saturated carbocycles. The van der Waals surface area contributed by atoms with Crippen LogP contribution in [0.5, 0.6) is 0 Å². The van der Waals surface area contributed by atoms with Crippen LogP contribution >= 0.6 is 11.8 Å². The molecule has 0 aromatic heterocycles. The molecule has 134 valence electrons. The van der Waals surface area contributed by atoms with Crippen LogP contribution < -0.4 is 10.6 Å². The average molecular weight is 368 g/mol. The van der Waals surface area contributed by atoms with E-state index in [9.17, 15) is 18.4 Å². The third-order valence-electron chi connectivity index (χ3n) is 5.68. The number of rotatable bonds is 4. The van der Waals surface area contributed by atoms with Gasteiger partial charge in [-0.3, -0.25) is 14.5 Å². The molecule has 1 aromatic rings. The number of thioether (sulfide) groups is 1. The third-order valence-corrected chi connectivity index (χ3v) is 7.22. The maximum Gasteiger partial charge on any atom is 0.265 e. The highest BCUT2D eigenvalue weighted by atomic mass is 32.2. The molecule has 2 aliphatic heterocycles. The van der Waals surface area contributed by atoms with E-state index >= 15 is 0 Å². The number of anilines is 1. The second-order valence-electron chi connectivity index (χ2n) is 6.82. The van der Waals surface area contributed by atoms with E-state index in [1.807, 2.05) is 0 Å². The van der Waals surface area contributed by atoms with Crippen molar-refractivity contribution >= 4 is 29.3 Å². The standard InChI is InChI=1S/C17H18F2N2O3S/c1-24-17(16-5-2-6-25-11(16)7-16)13-10(4-3-9(18)14(13)19)21(15(17)23)8-12(20)22/h3-4,11H,2,5-8H2,1H3,(H2,20,22)/t11?,16?,17-/m0/s1. The third kappa shape index (κ3) is 1.98. The van der Waals surface area contributed by atoms with Gasteiger partial charge in [0.1, 0.15) is 6.54 Å². The summed E-state index contributed by atoms with van der Waals surface area (Å²) >= 11 is 1.74. The number of amides is 2. The quantitative estimate of drug-likeness (QED) is 0.881. The number of hydrogen-bond donors (Lipinski definition) is 1. The summed E-state index contributed by atoms with van der Waals surface area (Å²) in [6, 6.07) is 2.28. The van der Waals surface area contributed by atoms with Crippen LogP contribution in [0.2, 0.25) is 0 Å². The van der Waals surface area contributed by atoms with Crippen LogP contribution in [0.25, 0.3) is 0 Å². The maximum absolute atomic E-state index is 14.9. The van der Waals surface area contributed by atoms with E-state index in [1.54, 1.807) is 11.8 Å². The molecular weight excluding hydrogens is 350 g/mol. The highest BCUT2D eigenvalue weighted by Crippen LogP contribution is 2.72. The molecule has 1 aliphatic carbocycles. The van der Waals surface area contributed by atoms with Crippen LogP contribution in [0.3, 0.4) is 0 Å². The van der Waals surface area contributed by atoms with Gasteiger partial charge >= 0.3 is 0 Å². The first-order valence-corrected chi connectivity index (χ1v) is 9.19. The number of carbonyl (C=O) groups excluding carboxylic acids is 2. The van der Waals surface area contributed by atoms with Gasteiger partial charge in [-0.1, -0.05) is 0 Å². The SMILES string of the molecule is CO[C@]1(C23CCCSC2C3)C(=O)N(CC(N)=O)c2ccc(F)c(F)c21. The second kappa shape index (κ2) is 5.41. The van der Waals surface area contributed by atoms with Crippen molar-refractivity contribution in [2.24, 2.45) is 11.1 Å². The van der Waals surface area contributed by atoms with Gasteiger partial charge in [0.15, 0.2) is 17.2 Å². The molecule has 2 N–H and O–H groups in total. The Morgan fingerprint density at radius 2 is 2.24 bits per heavy atom. The minimum absolute atomic E-state index is 0.0914. The number of nitrogens with zero attached hydrogens (tertiary/aromatic N) is 1. The zero-order chi connectivity index (χ0) is 18.0. The zero-order valence-electron chi connectivity index (χ0n) is 13.7. The summed E-state index contributed by atoms with van der Waals surface area (Å²) in [7, 11) is 1.35. The maximum atomic E-state index is 14.9. The number of hydrogen-bond acceptors (Lipinski definition) is 4. The van der Waals surface area contributed by atoms with Gasteiger partial charge in [-0.05, 0) is 37.1 Å². The van der Waals surface area contributed by atoms with Gasteiger partial charge in [-0.15, -0.1) is 0 Å². The van der Waals surface area contributed by atoms with Crippen molar-refractivity contribution in [3.05, 3.63) is 29.3 Å². The van der Waals surface area contributed by atoms with Crippen molar-refractivity contribution in [1.82, 2.24) is 0 Å². The van der Waals surface area contributed by atoms with Gasteiger partial charge in [-0.2, -0.15) is 11.8 Å². The zero-order valence-corrected chi connectivity index (χ0v) is 14.5. The Balaban J connectivity index is 1.95. The number of ether oxygens (including phenoxy) is 1. The molecule has 1 saturated heterocycles. The van der Waals surface area contributed by atoms with Crippen LogP contribution in [-0.2, 0) is 19.9 Å². The Labute approximate surface area is 147 Å². The van der Waals surface area contributed by atoms with Gasteiger partial charge < -0.3 is 10.5 Å². The predicted molar refractivity (Wildman–Crippen MR) is 89.1 cm³/mol. The lowest BCUT2D eigenvalue weighted by atomic mass is 9.75. The fourth-order valence-corrected chi connectivity index (χ4v) is 6.20. The first kappa shape index (κ1) is 16.8. The number of nitrogens with two attached hydrogens (primary N) is 1. The van der Waals surface area contributed by atoms with Crippen molar-refractivity contribution in [3.63, 3.8) is 0 Å². The molecule has 2 amide bonds. The Morgan fingerprint density at radius 3 is 2.88 bits per heavy atom. The molecule has 2 heterocycles. The Hall–Kier alpha value is -1.67. The van der Waals surface area contributed by atoms with Crippen molar-refractivity contribution in [1.29, 1.82) is 0 Å². The number of fused-ring (bicyclic) bond motifs is 2. The largest absolute Gasteiger partial charge is 0.368 e. The minimum atomic E-state index is -1.61. The molecule has 2 fully saturated rings. The number of carbonyl (C=O) groups is 2. The van der Waals surface area contributed by atoms with E-state index < -0.39 is 41.0 Å².